The Balaban J connectivity index is 0.000000171. The van der Waals surface area contributed by atoms with E-state index in [9.17, 15) is 0 Å². The van der Waals surface area contributed by atoms with Gasteiger partial charge >= 0.3 is 0 Å². The lowest BCUT2D eigenvalue weighted by molar-refractivity contribution is 0.548. The van der Waals surface area contributed by atoms with Gasteiger partial charge in [0.1, 0.15) is 12.2 Å². The summed E-state index contributed by atoms with van der Waals surface area (Å²) in [5.41, 5.74) is 0.0938. The number of hydrogen-bond donors (Lipinski definition) is 2. The van der Waals surface area contributed by atoms with Crippen molar-refractivity contribution >= 4 is 5.84 Å². The molecule has 0 amide bonds. The van der Waals surface area contributed by atoms with E-state index < -0.39 is 0 Å². The Morgan fingerprint density at radius 1 is 1.29 bits per heavy atom. The van der Waals surface area contributed by atoms with Crippen molar-refractivity contribution in [1.82, 2.24) is 20.5 Å². The van der Waals surface area contributed by atoms with Gasteiger partial charge in [-0.3, -0.25) is 10.1 Å². The smallest absolute Gasteiger partial charge is 0.137 e. The summed E-state index contributed by atoms with van der Waals surface area (Å²) in [4.78, 5) is 8.26. The first kappa shape index (κ1) is 13.7. The Hall–Kier alpha value is -1.39. The molecule has 1 aliphatic rings. The van der Waals surface area contributed by atoms with Gasteiger partial charge in [-0.15, -0.1) is 0 Å². The maximum atomic E-state index is 4.24. The Kier molecular flexibility index (Phi) is 4.66. The van der Waals surface area contributed by atoms with Crippen LogP contribution in [0.3, 0.4) is 0 Å². The number of aliphatic imine (C=N–C) groups is 1. The number of nitrogens with zero attached hydrogens (tertiary/aromatic N) is 3. The molecule has 0 saturated carbocycles. The molecule has 0 fully saturated rings. The van der Waals surface area contributed by atoms with Crippen molar-refractivity contribution in [3.8, 4) is 0 Å². The van der Waals surface area contributed by atoms with Crippen LogP contribution in [0, 0.1) is 5.92 Å². The van der Waals surface area contributed by atoms with Crippen LogP contribution in [-0.4, -0.2) is 34.1 Å². The molecule has 17 heavy (non-hydrogen) atoms. The largest absolute Gasteiger partial charge is 0.372 e. The Labute approximate surface area is 103 Å². The molecule has 1 aromatic rings. The second-order valence-corrected chi connectivity index (χ2v) is 5.43. The number of aromatic amines is 1. The van der Waals surface area contributed by atoms with E-state index in [1.807, 2.05) is 0 Å². The van der Waals surface area contributed by atoms with Gasteiger partial charge in [-0.25, -0.2) is 4.98 Å². The van der Waals surface area contributed by atoms with Gasteiger partial charge in [-0.05, 0) is 0 Å². The summed E-state index contributed by atoms with van der Waals surface area (Å²) in [6.45, 7) is 12.6. The predicted molar refractivity (Wildman–Crippen MR) is 70.2 cm³/mol. The molecule has 0 aliphatic carbocycles. The Morgan fingerprint density at radius 3 is 2.24 bits per heavy atom. The molecule has 1 aliphatic heterocycles. The monoisotopic (exact) mass is 237 g/mol. The molecule has 96 valence electrons. The van der Waals surface area contributed by atoms with E-state index in [4.69, 9.17) is 0 Å². The van der Waals surface area contributed by atoms with Crippen LogP contribution in [0.2, 0.25) is 0 Å². The summed E-state index contributed by atoms with van der Waals surface area (Å²) in [6.07, 6.45) is 1.53. The SMILES string of the molecule is CC(C)(C)c1ncn[nH]1.CC(C)C1=NCCN1. The molecule has 0 bridgehead atoms. The molecule has 2 N–H and O–H groups in total. The standard InChI is InChI=1S/C6H11N3.C6H12N2/c1-6(2,3)5-7-4-8-9-5;1-5(2)6-7-3-4-8-6/h4H,1-3H3,(H,7,8,9);5H,3-4H2,1-2H3,(H,7,8). The first-order chi connectivity index (χ1) is 7.91. The third-order valence-electron chi connectivity index (χ3n) is 2.37. The summed E-state index contributed by atoms with van der Waals surface area (Å²) in [6, 6.07) is 0. The first-order valence-electron chi connectivity index (χ1n) is 6.05. The summed E-state index contributed by atoms with van der Waals surface area (Å²) in [7, 11) is 0. The lowest BCUT2D eigenvalue weighted by atomic mass is 9.96. The fourth-order valence-corrected chi connectivity index (χ4v) is 1.37. The minimum absolute atomic E-state index is 0.0938. The average molecular weight is 237 g/mol. The normalized spacial score (nSPS) is 15.1. The van der Waals surface area contributed by atoms with E-state index in [-0.39, 0.29) is 5.41 Å². The lowest BCUT2D eigenvalue weighted by Crippen LogP contribution is -2.23. The molecule has 0 saturated heterocycles. The predicted octanol–water partition coefficient (Wildman–Crippen LogP) is 1.75. The zero-order chi connectivity index (χ0) is 12.9. The van der Waals surface area contributed by atoms with Crippen LogP contribution in [0.25, 0.3) is 0 Å². The second-order valence-electron chi connectivity index (χ2n) is 5.43. The average Bonchev–Trinajstić information content (AvgIpc) is 2.92. The highest BCUT2D eigenvalue weighted by atomic mass is 15.2. The van der Waals surface area contributed by atoms with Crippen LogP contribution in [-0.2, 0) is 5.41 Å². The van der Waals surface area contributed by atoms with Gasteiger partial charge in [0, 0.05) is 17.9 Å². The Bertz CT molecular complexity index is 345. The lowest BCUT2D eigenvalue weighted by Gasteiger charge is -2.12. The van der Waals surface area contributed by atoms with E-state index in [0.29, 0.717) is 5.92 Å². The molecular formula is C12H23N5. The van der Waals surface area contributed by atoms with Crippen LogP contribution in [0.4, 0.5) is 0 Å². The van der Waals surface area contributed by atoms with Gasteiger partial charge in [-0.2, -0.15) is 5.10 Å². The number of H-pyrrole nitrogens is 1. The maximum absolute atomic E-state index is 4.24. The van der Waals surface area contributed by atoms with Gasteiger partial charge in [0.05, 0.1) is 12.4 Å². The fourth-order valence-electron chi connectivity index (χ4n) is 1.37. The number of nitrogens with one attached hydrogen (secondary N) is 2. The minimum atomic E-state index is 0.0938. The van der Waals surface area contributed by atoms with E-state index >= 15 is 0 Å². The van der Waals surface area contributed by atoms with Gasteiger partial charge in [-0.1, -0.05) is 34.6 Å². The van der Waals surface area contributed by atoms with Crippen LogP contribution in [0.15, 0.2) is 11.3 Å². The van der Waals surface area contributed by atoms with Gasteiger partial charge in [0.15, 0.2) is 0 Å². The minimum Gasteiger partial charge on any atom is -0.372 e. The number of rotatable bonds is 1. The van der Waals surface area contributed by atoms with Crippen molar-refractivity contribution < 1.29 is 0 Å². The summed E-state index contributed by atoms with van der Waals surface area (Å²) >= 11 is 0. The molecule has 0 radical (unpaired) electrons. The zero-order valence-electron chi connectivity index (χ0n) is 11.4. The van der Waals surface area contributed by atoms with Crippen molar-refractivity contribution in [3.63, 3.8) is 0 Å². The van der Waals surface area contributed by atoms with Crippen LogP contribution >= 0.6 is 0 Å². The molecule has 0 unspecified atom stereocenters. The molecule has 1 aromatic heterocycles. The molecule has 2 heterocycles. The first-order valence-corrected chi connectivity index (χ1v) is 6.05. The molecular weight excluding hydrogens is 214 g/mol. The van der Waals surface area contributed by atoms with E-state index in [2.05, 4.69) is 60.1 Å². The van der Waals surface area contributed by atoms with Crippen molar-refractivity contribution in [2.75, 3.05) is 13.1 Å². The quantitative estimate of drug-likeness (QED) is 0.782. The molecule has 5 heteroatoms. The molecule has 0 spiro atoms. The fraction of sp³-hybridized carbons (Fsp3) is 0.750. The molecule has 0 aromatic carbocycles. The van der Waals surface area contributed by atoms with Gasteiger partial charge in [0.2, 0.25) is 0 Å². The van der Waals surface area contributed by atoms with E-state index in [1.54, 1.807) is 0 Å². The summed E-state index contributed by atoms with van der Waals surface area (Å²) in [5.74, 6) is 2.69. The van der Waals surface area contributed by atoms with Crippen LogP contribution < -0.4 is 5.32 Å². The van der Waals surface area contributed by atoms with Crippen molar-refractivity contribution in [1.29, 1.82) is 0 Å². The highest BCUT2D eigenvalue weighted by Gasteiger charge is 2.15. The highest BCUT2D eigenvalue weighted by Crippen LogP contribution is 2.15. The van der Waals surface area contributed by atoms with E-state index in [0.717, 1.165) is 18.9 Å². The topological polar surface area (TPSA) is 66.0 Å². The van der Waals surface area contributed by atoms with Crippen LogP contribution in [0.5, 0.6) is 0 Å². The molecule has 0 atom stereocenters. The van der Waals surface area contributed by atoms with E-state index in [1.165, 1.54) is 12.2 Å². The number of amidine groups is 1. The number of hydrogen-bond acceptors (Lipinski definition) is 4. The maximum Gasteiger partial charge on any atom is 0.137 e. The zero-order valence-corrected chi connectivity index (χ0v) is 11.4. The Morgan fingerprint density at radius 2 is 2.00 bits per heavy atom. The summed E-state index contributed by atoms with van der Waals surface area (Å²) in [5, 5.41) is 9.77. The van der Waals surface area contributed by atoms with Crippen molar-refractivity contribution in [3.05, 3.63) is 12.2 Å². The summed E-state index contributed by atoms with van der Waals surface area (Å²) < 4.78 is 0. The third kappa shape index (κ3) is 4.54. The molecule has 2 rings (SSSR count). The van der Waals surface area contributed by atoms with Gasteiger partial charge < -0.3 is 5.32 Å². The van der Waals surface area contributed by atoms with Crippen molar-refractivity contribution in [2.24, 2.45) is 10.9 Å². The number of aromatic nitrogens is 3. The van der Waals surface area contributed by atoms with Crippen LogP contribution in [0.1, 0.15) is 40.4 Å². The van der Waals surface area contributed by atoms with Gasteiger partial charge in [0.25, 0.3) is 0 Å². The van der Waals surface area contributed by atoms with Crippen molar-refractivity contribution in [2.45, 2.75) is 40.0 Å². The molecule has 5 nitrogen and oxygen atoms in total. The third-order valence-corrected chi connectivity index (χ3v) is 2.37. The second kappa shape index (κ2) is 5.80. The highest BCUT2D eigenvalue weighted by molar-refractivity contribution is 5.85.